The third kappa shape index (κ3) is 3.27. The van der Waals surface area contributed by atoms with Gasteiger partial charge in [0.05, 0.1) is 8.07 Å². The number of hydrogen-bond acceptors (Lipinski definition) is 0. The Morgan fingerprint density at radius 3 is 2.13 bits per heavy atom. The van der Waals surface area contributed by atoms with Crippen molar-refractivity contribution in [2.75, 3.05) is 0 Å². The summed E-state index contributed by atoms with van der Waals surface area (Å²) in [6.07, 6.45) is -1.52. The maximum absolute atomic E-state index is 12.4. The van der Waals surface area contributed by atoms with Crippen molar-refractivity contribution in [2.24, 2.45) is 0 Å². The van der Waals surface area contributed by atoms with Crippen LogP contribution in [0.15, 0.2) is 42.0 Å². The molecule has 0 unspecified atom stereocenters. The molecule has 0 atom stereocenters. The molecule has 0 heterocycles. The molecule has 1 aromatic rings. The maximum atomic E-state index is 12.4. The van der Waals surface area contributed by atoms with Gasteiger partial charge in [-0.1, -0.05) is 48.6 Å². The van der Waals surface area contributed by atoms with E-state index in [0.717, 1.165) is 0 Å². The van der Waals surface area contributed by atoms with Crippen LogP contribution in [-0.4, -0.2) is 8.07 Å². The van der Waals surface area contributed by atoms with E-state index < -0.39 is 14.2 Å². The van der Waals surface area contributed by atoms with Gasteiger partial charge in [-0.15, -0.1) is 0 Å². The van der Waals surface area contributed by atoms with Crippen LogP contribution < -0.4 is 5.19 Å². The van der Waals surface area contributed by atoms with Gasteiger partial charge in [0, 0.05) is 0 Å². The van der Waals surface area contributed by atoms with E-state index in [0.29, 0.717) is 6.04 Å². The average molecular weight is 226 g/mol. The van der Waals surface area contributed by atoms with E-state index in [2.05, 4.69) is 13.1 Å². The second-order valence-corrected chi connectivity index (χ2v) is 9.17. The molecule has 0 radical (unpaired) electrons. The van der Waals surface area contributed by atoms with Gasteiger partial charge < -0.3 is 0 Å². The van der Waals surface area contributed by atoms with Crippen LogP contribution >= 0.6 is 0 Å². The lowest BCUT2D eigenvalue weighted by Gasteiger charge is -2.22. The molecule has 0 bridgehead atoms. The van der Waals surface area contributed by atoms with Crippen molar-refractivity contribution in [3.63, 3.8) is 0 Å². The molecule has 0 amide bonds. The van der Waals surface area contributed by atoms with Crippen LogP contribution in [0.25, 0.3) is 0 Å². The fraction of sp³-hybridized carbons (Fsp3) is 0.333. The smallest absolute Gasteiger partial charge is 0.173 e. The van der Waals surface area contributed by atoms with Crippen molar-refractivity contribution in [1.82, 2.24) is 0 Å². The van der Waals surface area contributed by atoms with Gasteiger partial charge in [-0.25, -0.2) is 0 Å². The van der Waals surface area contributed by atoms with Gasteiger partial charge in [-0.2, -0.15) is 8.78 Å². The summed E-state index contributed by atoms with van der Waals surface area (Å²) in [6.45, 7) is 5.76. The van der Waals surface area contributed by atoms with Crippen LogP contribution in [-0.2, 0) is 0 Å². The minimum absolute atomic E-state index is 0.232. The van der Waals surface area contributed by atoms with Gasteiger partial charge in [0.1, 0.15) is 0 Å². The van der Waals surface area contributed by atoms with Crippen molar-refractivity contribution in [2.45, 2.75) is 26.1 Å². The Bertz CT molecular complexity index is 351. The Morgan fingerprint density at radius 2 is 1.67 bits per heavy atom. The molecule has 0 aromatic heterocycles. The summed E-state index contributed by atoms with van der Waals surface area (Å²) in [6, 6.07) is 10.5. The average Bonchev–Trinajstić information content (AvgIpc) is 2.18. The largest absolute Gasteiger partial charge is 0.268 e. The molecule has 15 heavy (non-hydrogen) atoms. The Morgan fingerprint density at radius 1 is 1.13 bits per heavy atom. The van der Waals surface area contributed by atoms with Crippen LogP contribution in [0.4, 0.5) is 8.78 Å². The Labute approximate surface area is 90.6 Å². The molecule has 0 aliphatic carbocycles. The van der Waals surface area contributed by atoms with E-state index in [9.17, 15) is 8.78 Å². The zero-order chi connectivity index (χ0) is 11.5. The highest BCUT2D eigenvalue weighted by Crippen LogP contribution is 2.20. The molecule has 0 saturated heterocycles. The first-order chi connectivity index (χ1) is 6.93. The molecule has 1 rings (SSSR count). The monoisotopic (exact) mass is 226 g/mol. The summed E-state index contributed by atoms with van der Waals surface area (Å²) in [4.78, 5) is 0. The lowest BCUT2D eigenvalue weighted by molar-refractivity contribution is 0.412. The summed E-state index contributed by atoms with van der Waals surface area (Å²) in [7, 11) is -1.74. The topological polar surface area (TPSA) is 0 Å². The molecule has 0 nitrogen and oxygen atoms in total. The number of hydrogen-bond donors (Lipinski definition) is 0. The summed E-state index contributed by atoms with van der Waals surface area (Å²) < 4.78 is 24.8. The van der Waals surface area contributed by atoms with Gasteiger partial charge in [-0.3, -0.25) is 0 Å². The first-order valence-electron chi connectivity index (χ1n) is 5.00. The standard InChI is InChI=1S/C12H16F2Si/c1-10(12(13)14)9-15(2,3)11-7-5-4-6-8-11/h4-8H,9H2,1-3H3. The molecule has 0 aliphatic heterocycles. The molecule has 0 saturated carbocycles. The fourth-order valence-electron chi connectivity index (χ4n) is 1.72. The number of rotatable bonds is 3. The summed E-state index contributed by atoms with van der Waals surface area (Å²) in [5.74, 6) is 0. The summed E-state index contributed by atoms with van der Waals surface area (Å²) >= 11 is 0. The first-order valence-corrected chi connectivity index (χ1v) is 8.20. The lowest BCUT2D eigenvalue weighted by Crippen LogP contribution is -2.41. The van der Waals surface area contributed by atoms with Gasteiger partial charge in [0.25, 0.3) is 6.08 Å². The van der Waals surface area contributed by atoms with Crippen molar-refractivity contribution >= 4 is 13.3 Å². The molecule has 1 aromatic carbocycles. The van der Waals surface area contributed by atoms with Gasteiger partial charge in [0.2, 0.25) is 0 Å². The third-order valence-corrected chi connectivity index (χ3v) is 5.90. The van der Waals surface area contributed by atoms with Crippen molar-refractivity contribution in [3.05, 3.63) is 42.0 Å². The van der Waals surface area contributed by atoms with E-state index in [4.69, 9.17) is 0 Å². The summed E-state index contributed by atoms with van der Waals surface area (Å²) in [5.41, 5.74) is 0.232. The molecular formula is C12H16F2Si. The Kier molecular flexibility index (Phi) is 3.80. The van der Waals surface area contributed by atoms with Crippen LogP contribution in [0.5, 0.6) is 0 Å². The van der Waals surface area contributed by atoms with E-state index in [1.807, 2.05) is 30.3 Å². The van der Waals surface area contributed by atoms with Gasteiger partial charge in [0.15, 0.2) is 0 Å². The lowest BCUT2D eigenvalue weighted by atomic mass is 10.4. The van der Waals surface area contributed by atoms with E-state index >= 15 is 0 Å². The zero-order valence-corrected chi connectivity index (χ0v) is 10.3. The second kappa shape index (κ2) is 4.70. The van der Waals surface area contributed by atoms with Crippen molar-refractivity contribution in [1.29, 1.82) is 0 Å². The highest BCUT2D eigenvalue weighted by atomic mass is 28.3. The first kappa shape index (κ1) is 12.1. The maximum Gasteiger partial charge on any atom is 0.268 e. The normalized spacial score (nSPS) is 11.3. The van der Waals surface area contributed by atoms with Crippen LogP contribution in [0.1, 0.15) is 6.92 Å². The minimum Gasteiger partial charge on any atom is -0.173 e. The fourth-order valence-corrected chi connectivity index (χ4v) is 4.48. The van der Waals surface area contributed by atoms with Crippen molar-refractivity contribution < 1.29 is 8.78 Å². The predicted molar refractivity (Wildman–Crippen MR) is 63.3 cm³/mol. The van der Waals surface area contributed by atoms with E-state index in [1.165, 1.54) is 12.1 Å². The van der Waals surface area contributed by atoms with Gasteiger partial charge in [-0.05, 0) is 18.5 Å². The molecule has 0 spiro atoms. The number of halogens is 2. The molecule has 3 heteroatoms. The highest BCUT2D eigenvalue weighted by Gasteiger charge is 2.24. The van der Waals surface area contributed by atoms with Crippen LogP contribution in [0.2, 0.25) is 19.1 Å². The van der Waals surface area contributed by atoms with Gasteiger partial charge >= 0.3 is 0 Å². The molecule has 0 N–H and O–H groups in total. The molecule has 0 fully saturated rings. The van der Waals surface area contributed by atoms with Crippen LogP contribution in [0.3, 0.4) is 0 Å². The predicted octanol–water partition coefficient (Wildman–Crippen LogP) is 3.77. The third-order valence-electron chi connectivity index (χ3n) is 2.58. The van der Waals surface area contributed by atoms with Crippen molar-refractivity contribution in [3.8, 4) is 0 Å². The zero-order valence-electron chi connectivity index (χ0n) is 9.35. The number of allylic oxidation sites excluding steroid dienone is 1. The quantitative estimate of drug-likeness (QED) is 0.688. The van der Waals surface area contributed by atoms with E-state index in [-0.39, 0.29) is 5.57 Å². The highest BCUT2D eigenvalue weighted by molar-refractivity contribution is 6.90. The Hall–Kier alpha value is -0.963. The molecular weight excluding hydrogens is 210 g/mol. The molecule has 82 valence electrons. The summed E-state index contributed by atoms with van der Waals surface area (Å²) in [5, 5.41) is 1.23. The Balaban J connectivity index is 2.90. The number of benzene rings is 1. The SMILES string of the molecule is CC(C[Si](C)(C)c1ccccc1)=C(F)F. The van der Waals surface area contributed by atoms with E-state index in [1.54, 1.807) is 0 Å². The van der Waals surface area contributed by atoms with Crippen LogP contribution in [0, 0.1) is 0 Å². The minimum atomic E-state index is -1.74. The molecule has 0 aliphatic rings. The second-order valence-electron chi connectivity index (χ2n) is 4.47.